The van der Waals surface area contributed by atoms with Gasteiger partial charge in [0, 0.05) is 24.7 Å². The molecule has 0 radical (unpaired) electrons. The molecule has 3 fully saturated rings. The smallest absolute Gasteiger partial charge is 0.343 e. The highest BCUT2D eigenvalue weighted by Gasteiger charge is 2.67. The van der Waals surface area contributed by atoms with Gasteiger partial charge in [0.05, 0.1) is 28.0 Å². The molecular formula is C31H21Br3Cl2N2O6. The lowest BCUT2D eigenvalue weighted by Gasteiger charge is -2.31. The second kappa shape index (κ2) is 12.3. The van der Waals surface area contributed by atoms with Crippen LogP contribution in [0.1, 0.15) is 37.5 Å². The second-order valence-electron chi connectivity index (χ2n) is 10.8. The number of ether oxygens (including phenoxy) is 1. The average molecular weight is 828 g/mol. The number of alkyl halides is 2. The molecule has 13 heteroatoms. The topological polar surface area (TPSA) is 101 Å². The molecule has 2 saturated carbocycles. The fourth-order valence-electron chi connectivity index (χ4n) is 6.29. The van der Waals surface area contributed by atoms with Gasteiger partial charge in [0.2, 0.25) is 0 Å². The van der Waals surface area contributed by atoms with Gasteiger partial charge in [0.1, 0.15) is 12.3 Å². The van der Waals surface area contributed by atoms with Crippen molar-refractivity contribution in [1.82, 2.24) is 10.0 Å². The molecule has 44 heavy (non-hydrogen) atoms. The van der Waals surface area contributed by atoms with E-state index in [9.17, 15) is 24.0 Å². The average Bonchev–Trinajstić information content (AvgIpc) is 3.61. The molecule has 3 aliphatic rings. The van der Waals surface area contributed by atoms with Crippen LogP contribution in [0.5, 0.6) is 5.75 Å². The van der Waals surface area contributed by atoms with Crippen molar-refractivity contribution in [2.75, 3.05) is 6.54 Å². The van der Waals surface area contributed by atoms with Gasteiger partial charge in [-0.25, -0.2) is 9.80 Å². The summed E-state index contributed by atoms with van der Waals surface area (Å²) in [6.45, 7) is -0.614. The predicted molar refractivity (Wildman–Crippen MR) is 173 cm³/mol. The Hall–Kier alpha value is -2.57. The predicted octanol–water partition coefficient (Wildman–Crippen LogP) is 6.99. The third-order valence-corrected chi connectivity index (χ3v) is 12.6. The number of esters is 1. The van der Waals surface area contributed by atoms with E-state index in [4.69, 9.17) is 27.9 Å². The molecule has 0 spiro atoms. The van der Waals surface area contributed by atoms with Crippen LogP contribution in [0.15, 0.2) is 71.2 Å². The molecule has 2 aliphatic carbocycles. The Bertz CT molecular complexity index is 1670. The van der Waals surface area contributed by atoms with Crippen LogP contribution in [-0.2, 0) is 9.59 Å². The summed E-state index contributed by atoms with van der Waals surface area (Å²) in [5.41, 5.74) is 0.504. The van der Waals surface area contributed by atoms with Crippen LogP contribution in [0.2, 0.25) is 10.0 Å². The highest BCUT2D eigenvalue weighted by atomic mass is 79.9. The Morgan fingerprint density at radius 2 is 1.41 bits per heavy atom. The lowest BCUT2D eigenvalue weighted by atomic mass is 9.81. The standard InChI is InChI=1S/C31H21Br3Cl2N2O6/c32-16-5-1-15(2-6-16)31(43)44-18-8-3-14(4-9-18)23(39)13-37(28(40)19-10-7-17(35)11-22(19)36)38-29(41)24-20-12-21(25(24)30(38)42)27(34)26(20)33/h1-11,20-21,24-27H,12-13H2/t20-,21-,24-,25-,26+,27+/m1/s1. The Kier molecular flexibility index (Phi) is 8.80. The number of amides is 3. The summed E-state index contributed by atoms with van der Waals surface area (Å²) in [6, 6.07) is 16.7. The van der Waals surface area contributed by atoms with E-state index in [0.717, 1.165) is 14.5 Å². The highest BCUT2D eigenvalue weighted by Crippen LogP contribution is 2.60. The number of carbonyl (C=O) groups excluding carboxylic acids is 5. The van der Waals surface area contributed by atoms with E-state index in [0.29, 0.717) is 17.0 Å². The summed E-state index contributed by atoms with van der Waals surface area (Å²) in [5.74, 6) is -4.12. The van der Waals surface area contributed by atoms with E-state index < -0.39 is 47.9 Å². The van der Waals surface area contributed by atoms with Crippen LogP contribution in [0.25, 0.3) is 0 Å². The van der Waals surface area contributed by atoms with Crippen molar-refractivity contribution in [3.63, 3.8) is 0 Å². The minimum absolute atomic E-state index is 0.00155. The molecular weight excluding hydrogens is 807 g/mol. The Morgan fingerprint density at radius 1 is 0.841 bits per heavy atom. The molecule has 1 heterocycles. The van der Waals surface area contributed by atoms with Crippen molar-refractivity contribution in [3.8, 4) is 5.75 Å². The Morgan fingerprint density at radius 3 is 1.98 bits per heavy atom. The van der Waals surface area contributed by atoms with Gasteiger partial charge in [-0.2, -0.15) is 5.01 Å². The van der Waals surface area contributed by atoms with Crippen molar-refractivity contribution >= 4 is 100 Å². The monoisotopic (exact) mass is 824 g/mol. The van der Waals surface area contributed by atoms with E-state index in [1.807, 2.05) is 0 Å². The lowest BCUT2D eigenvalue weighted by molar-refractivity contribution is -0.154. The first-order chi connectivity index (χ1) is 21.0. The molecule has 6 atom stereocenters. The number of Topliss-reactive ketones (excluding diaryl/α,β-unsaturated/α-hetero) is 1. The maximum absolute atomic E-state index is 13.9. The molecule has 0 aromatic heterocycles. The third kappa shape index (κ3) is 5.55. The number of carbonyl (C=O) groups is 5. The molecule has 2 bridgehead atoms. The molecule has 3 amide bonds. The molecule has 0 N–H and O–H groups in total. The van der Waals surface area contributed by atoms with Crippen LogP contribution in [-0.4, -0.2) is 55.7 Å². The summed E-state index contributed by atoms with van der Waals surface area (Å²) < 4.78 is 6.22. The van der Waals surface area contributed by atoms with E-state index in [1.54, 1.807) is 24.3 Å². The zero-order valence-electron chi connectivity index (χ0n) is 22.5. The van der Waals surface area contributed by atoms with Crippen molar-refractivity contribution in [2.45, 2.75) is 16.1 Å². The fraction of sp³-hybridized carbons (Fsp3) is 0.258. The van der Waals surface area contributed by atoms with Gasteiger partial charge >= 0.3 is 5.97 Å². The summed E-state index contributed by atoms with van der Waals surface area (Å²) >= 11 is 23.0. The van der Waals surface area contributed by atoms with Crippen LogP contribution >= 0.6 is 71.0 Å². The molecule has 3 aromatic rings. The number of rotatable bonds is 7. The van der Waals surface area contributed by atoms with E-state index in [2.05, 4.69) is 47.8 Å². The molecule has 226 valence electrons. The minimum atomic E-state index is -0.792. The summed E-state index contributed by atoms with van der Waals surface area (Å²) in [6.07, 6.45) is 0.709. The summed E-state index contributed by atoms with van der Waals surface area (Å²) in [4.78, 5) is 67.6. The fourth-order valence-corrected chi connectivity index (χ4v) is 8.92. The summed E-state index contributed by atoms with van der Waals surface area (Å²) in [5, 5.41) is 2.02. The quantitative estimate of drug-likeness (QED) is 0.0838. The van der Waals surface area contributed by atoms with Gasteiger partial charge in [0.25, 0.3) is 17.7 Å². The maximum atomic E-state index is 13.9. The first-order valence-corrected chi connectivity index (χ1v) is 16.9. The second-order valence-corrected chi connectivity index (χ2v) is 14.7. The molecule has 3 aromatic carbocycles. The van der Waals surface area contributed by atoms with Crippen molar-refractivity contribution in [2.24, 2.45) is 23.7 Å². The number of hydrogen-bond acceptors (Lipinski definition) is 6. The van der Waals surface area contributed by atoms with Gasteiger partial charge in [-0.05, 0) is 85.0 Å². The molecule has 1 saturated heterocycles. The summed E-state index contributed by atoms with van der Waals surface area (Å²) in [7, 11) is 0. The van der Waals surface area contributed by atoms with E-state index in [1.165, 1.54) is 42.5 Å². The van der Waals surface area contributed by atoms with Gasteiger partial charge in [-0.15, -0.1) is 0 Å². The number of halogens is 5. The van der Waals surface area contributed by atoms with Crippen molar-refractivity contribution < 1.29 is 28.7 Å². The zero-order valence-corrected chi connectivity index (χ0v) is 28.7. The maximum Gasteiger partial charge on any atom is 0.343 e. The van der Waals surface area contributed by atoms with Gasteiger partial charge in [-0.1, -0.05) is 71.0 Å². The normalized spacial score (nSPS) is 25.2. The molecule has 8 nitrogen and oxygen atoms in total. The molecule has 1 aliphatic heterocycles. The van der Waals surface area contributed by atoms with Crippen LogP contribution in [0.4, 0.5) is 0 Å². The Labute approximate surface area is 287 Å². The number of imide groups is 1. The first kappa shape index (κ1) is 31.4. The van der Waals surface area contributed by atoms with Gasteiger partial charge in [0.15, 0.2) is 5.78 Å². The molecule has 6 rings (SSSR count). The number of hydrazine groups is 1. The largest absolute Gasteiger partial charge is 0.423 e. The molecule has 0 unspecified atom stereocenters. The Balaban J connectivity index is 1.26. The van der Waals surface area contributed by atoms with E-state index >= 15 is 0 Å². The lowest BCUT2D eigenvalue weighted by Crippen LogP contribution is -2.52. The van der Waals surface area contributed by atoms with Gasteiger partial charge in [-0.3, -0.25) is 19.2 Å². The SMILES string of the molecule is O=C(CN(C(=O)c1ccc(Cl)cc1Cl)N1C(=O)[C@@H]2[C@H]3C[C@@H]([C@H](Br)[C@H]3Br)[C@H]2C1=O)c1ccc(OC(=O)c2ccc(Br)cc2)cc1. The van der Waals surface area contributed by atoms with Crippen molar-refractivity contribution in [3.05, 3.63) is 97.9 Å². The minimum Gasteiger partial charge on any atom is -0.423 e. The van der Waals surface area contributed by atoms with E-state index in [-0.39, 0.29) is 43.4 Å². The zero-order chi connectivity index (χ0) is 31.4. The van der Waals surface area contributed by atoms with Crippen LogP contribution in [0.3, 0.4) is 0 Å². The first-order valence-electron chi connectivity index (χ1n) is 13.5. The van der Waals surface area contributed by atoms with Crippen molar-refractivity contribution in [1.29, 1.82) is 0 Å². The number of ketones is 1. The third-order valence-electron chi connectivity index (χ3n) is 8.36. The number of nitrogens with zero attached hydrogens (tertiary/aromatic N) is 2. The number of benzene rings is 3. The van der Waals surface area contributed by atoms with Crippen LogP contribution in [0, 0.1) is 23.7 Å². The highest BCUT2D eigenvalue weighted by molar-refractivity contribution is 9.12. The number of fused-ring (bicyclic) bond motifs is 5. The van der Waals surface area contributed by atoms with Gasteiger partial charge < -0.3 is 4.74 Å². The number of hydrogen-bond donors (Lipinski definition) is 0. The van der Waals surface area contributed by atoms with Crippen LogP contribution < -0.4 is 4.74 Å².